The van der Waals surface area contributed by atoms with Gasteiger partial charge in [-0.3, -0.25) is 0 Å². The molecule has 1 aromatic rings. The van der Waals surface area contributed by atoms with Gasteiger partial charge in [0, 0.05) is 0 Å². The molecule has 8 aliphatic rings. The Balaban J connectivity index is 1.24. The molecule has 174 valence electrons. The summed E-state index contributed by atoms with van der Waals surface area (Å²) in [6, 6.07) is 9.91. The van der Waals surface area contributed by atoms with Gasteiger partial charge >= 0.3 is 0 Å². The molecule has 0 unspecified atom stereocenters. The summed E-state index contributed by atoms with van der Waals surface area (Å²) in [4.78, 5) is 0. The molecule has 0 radical (unpaired) electrons. The molecule has 0 aromatic heterocycles. The Hall–Kier alpha value is -0.350. The largest absolute Gasteiger partial charge is 0.0947 e. The molecule has 8 saturated carbocycles. The van der Waals surface area contributed by atoms with Gasteiger partial charge in [-0.15, -0.1) is 0 Å². The van der Waals surface area contributed by atoms with Gasteiger partial charge in [-0.1, -0.05) is 53.0 Å². The lowest BCUT2D eigenvalue weighted by atomic mass is 9.55. The number of rotatable bonds is 4. The van der Waals surface area contributed by atoms with Crippen molar-refractivity contribution in [3.63, 3.8) is 0 Å². The first kappa shape index (κ1) is 21.0. The van der Waals surface area contributed by atoms with E-state index in [9.17, 15) is 0 Å². The van der Waals surface area contributed by atoms with E-state index in [1.54, 1.807) is 75.3 Å². The molecular weight excluding hydrogens is 403 g/mol. The van der Waals surface area contributed by atoms with Crippen molar-refractivity contribution in [2.24, 2.45) is 47.3 Å². The Kier molecular flexibility index (Phi) is 4.96. The van der Waals surface area contributed by atoms with Crippen LogP contribution in [0.15, 0.2) is 24.3 Å². The molecule has 32 heavy (non-hydrogen) atoms. The van der Waals surface area contributed by atoms with Crippen molar-refractivity contribution in [3.05, 3.63) is 35.4 Å². The summed E-state index contributed by atoms with van der Waals surface area (Å²) in [5.74, 6) is 8.92. The van der Waals surface area contributed by atoms with E-state index in [2.05, 4.69) is 45.0 Å². The summed E-state index contributed by atoms with van der Waals surface area (Å²) in [5.41, 5.74) is 5.77. The van der Waals surface area contributed by atoms with Crippen molar-refractivity contribution in [1.82, 2.24) is 0 Å². The van der Waals surface area contributed by atoms with Gasteiger partial charge in [-0.2, -0.15) is 0 Å². The highest BCUT2D eigenvalue weighted by atomic mass is 31.1. The van der Waals surface area contributed by atoms with E-state index in [0.717, 1.165) is 58.7 Å². The zero-order chi connectivity index (χ0) is 21.6. The second kappa shape index (κ2) is 7.57. The Morgan fingerprint density at radius 2 is 1.09 bits per heavy atom. The van der Waals surface area contributed by atoms with E-state index in [1.165, 1.54) is 6.16 Å². The molecule has 8 aliphatic carbocycles. The second-order valence-corrected chi connectivity index (χ2v) is 17.0. The fourth-order valence-electron chi connectivity index (χ4n) is 10.6. The fourth-order valence-corrected chi connectivity index (χ4v) is 15.2. The maximum absolute atomic E-state index is 2.63. The van der Waals surface area contributed by atoms with Crippen LogP contribution >= 0.6 is 7.92 Å². The smallest absolute Gasteiger partial charge is 0.00676 e. The van der Waals surface area contributed by atoms with E-state index in [4.69, 9.17) is 0 Å². The average molecular weight is 449 g/mol. The lowest BCUT2D eigenvalue weighted by Gasteiger charge is -2.62. The van der Waals surface area contributed by atoms with E-state index in [0.29, 0.717) is 0 Å². The molecule has 0 nitrogen and oxygen atoms in total. The molecule has 0 saturated heterocycles. The van der Waals surface area contributed by atoms with Crippen molar-refractivity contribution in [2.45, 2.75) is 108 Å². The van der Waals surface area contributed by atoms with Crippen LogP contribution in [0.25, 0.3) is 0 Å². The third-order valence-electron chi connectivity index (χ3n) is 11.3. The fraction of sp³-hybridized carbons (Fsp3) is 0.806. The normalized spacial score (nSPS) is 47.2. The highest BCUT2D eigenvalue weighted by Crippen LogP contribution is 2.71. The number of hydrogen-bond acceptors (Lipinski definition) is 0. The lowest BCUT2D eigenvalue weighted by molar-refractivity contribution is 0.0129. The van der Waals surface area contributed by atoms with Crippen LogP contribution in [-0.4, -0.2) is 11.3 Å². The van der Waals surface area contributed by atoms with Crippen molar-refractivity contribution >= 4 is 7.92 Å². The molecule has 0 spiro atoms. The van der Waals surface area contributed by atoms with Gasteiger partial charge in [-0.25, -0.2) is 0 Å². The Morgan fingerprint density at radius 3 is 1.50 bits per heavy atom. The SMILES string of the molecule is CC(C)(C)c1cccc(CP(C2C3CC4CC(C3)CC2C4)C2C3CC4CC(C3)CC2C4)c1. The summed E-state index contributed by atoms with van der Waals surface area (Å²) in [6.45, 7) is 7.18. The quantitative estimate of drug-likeness (QED) is 0.404. The highest BCUT2D eigenvalue weighted by molar-refractivity contribution is 7.58. The van der Waals surface area contributed by atoms with Gasteiger partial charge in [0.25, 0.3) is 0 Å². The average Bonchev–Trinajstić information content (AvgIpc) is 2.71. The van der Waals surface area contributed by atoms with Crippen LogP contribution in [0.3, 0.4) is 0 Å². The molecule has 8 fully saturated rings. The van der Waals surface area contributed by atoms with E-state index in [-0.39, 0.29) is 13.3 Å². The molecule has 8 bridgehead atoms. The van der Waals surface area contributed by atoms with Crippen molar-refractivity contribution in [3.8, 4) is 0 Å². The van der Waals surface area contributed by atoms with Gasteiger partial charge < -0.3 is 0 Å². The van der Waals surface area contributed by atoms with Crippen molar-refractivity contribution in [2.75, 3.05) is 0 Å². The van der Waals surface area contributed by atoms with Crippen LogP contribution < -0.4 is 0 Å². The Bertz CT molecular complexity index is 763. The van der Waals surface area contributed by atoms with Gasteiger partial charge in [0.05, 0.1) is 0 Å². The van der Waals surface area contributed by atoms with Crippen LogP contribution in [0.1, 0.15) is 96.1 Å². The third kappa shape index (κ3) is 3.48. The van der Waals surface area contributed by atoms with E-state index >= 15 is 0 Å². The molecule has 0 amide bonds. The summed E-state index contributed by atoms with van der Waals surface area (Å²) in [6.07, 6.45) is 17.6. The Labute approximate surface area is 198 Å². The second-order valence-electron chi connectivity index (χ2n) is 14.5. The number of benzene rings is 1. The van der Waals surface area contributed by atoms with Crippen LogP contribution in [0.2, 0.25) is 0 Å². The summed E-state index contributed by atoms with van der Waals surface area (Å²) < 4.78 is 0. The van der Waals surface area contributed by atoms with Crippen molar-refractivity contribution in [1.29, 1.82) is 0 Å². The predicted molar refractivity (Wildman–Crippen MR) is 137 cm³/mol. The molecule has 0 N–H and O–H groups in total. The Morgan fingerprint density at radius 1 is 0.656 bits per heavy atom. The van der Waals surface area contributed by atoms with E-state index in [1.807, 2.05) is 0 Å². The number of hydrogen-bond donors (Lipinski definition) is 0. The first-order valence-corrected chi connectivity index (χ1v) is 15.9. The van der Waals surface area contributed by atoms with Crippen LogP contribution in [-0.2, 0) is 11.6 Å². The first-order chi connectivity index (χ1) is 15.4. The van der Waals surface area contributed by atoms with Gasteiger partial charge in [0.1, 0.15) is 0 Å². The summed E-state index contributed by atoms with van der Waals surface area (Å²) >= 11 is 0. The molecule has 1 heteroatoms. The molecule has 0 heterocycles. The highest BCUT2D eigenvalue weighted by Gasteiger charge is 2.56. The van der Waals surface area contributed by atoms with Crippen LogP contribution in [0, 0.1) is 47.3 Å². The molecule has 1 aromatic carbocycles. The minimum absolute atomic E-state index is 0.115. The molecule has 0 atom stereocenters. The molecule has 9 rings (SSSR count). The maximum atomic E-state index is 2.63. The molecule has 0 aliphatic heterocycles. The molecular formula is C31H45P. The third-order valence-corrected chi connectivity index (χ3v) is 15.2. The van der Waals surface area contributed by atoms with Gasteiger partial charge in [0.2, 0.25) is 0 Å². The zero-order valence-corrected chi connectivity index (χ0v) is 21.7. The maximum Gasteiger partial charge on any atom is -0.00676 e. The van der Waals surface area contributed by atoms with E-state index < -0.39 is 0 Å². The summed E-state index contributed by atoms with van der Waals surface area (Å²) in [5, 5.41) is 0. The predicted octanol–water partition coefficient (Wildman–Crippen LogP) is 8.62. The van der Waals surface area contributed by atoms with Crippen LogP contribution in [0.4, 0.5) is 0 Å². The summed E-state index contributed by atoms with van der Waals surface area (Å²) in [7, 11) is 0.115. The first-order valence-electron chi connectivity index (χ1n) is 14.3. The topological polar surface area (TPSA) is 0 Å². The minimum atomic E-state index is 0.115. The lowest BCUT2D eigenvalue weighted by Crippen LogP contribution is -2.52. The van der Waals surface area contributed by atoms with Crippen LogP contribution in [0.5, 0.6) is 0 Å². The standard InChI is InChI=1S/C31H45P/c1-31(2,3)28-6-4-5-19(17-28)18-32(29-24-9-20-7-21(11-24)12-25(29)10-20)30-26-13-22-8-23(15-26)16-27(30)14-22/h4-6,17,20-27,29-30H,7-16,18H2,1-3H3. The zero-order valence-electron chi connectivity index (χ0n) is 20.8. The monoisotopic (exact) mass is 448 g/mol. The van der Waals surface area contributed by atoms with Crippen molar-refractivity contribution < 1.29 is 0 Å². The van der Waals surface area contributed by atoms with Gasteiger partial charge in [-0.05, 0) is 146 Å². The minimum Gasteiger partial charge on any atom is -0.0947 e. The van der Waals surface area contributed by atoms with Gasteiger partial charge in [0.15, 0.2) is 0 Å².